The van der Waals surface area contributed by atoms with Gasteiger partial charge in [-0.15, -0.1) is 0 Å². The zero-order chi connectivity index (χ0) is 11.1. The van der Waals surface area contributed by atoms with Gasteiger partial charge < -0.3 is 4.74 Å². The quantitative estimate of drug-likeness (QED) is 0.665. The van der Waals surface area contributed by atoms with E-state index in [0.29, 0.717) is 11.9 Å². The maximum atomic E-state index is 11.6. The smallest absolute Gasteiger partial charge is 0.133 e. The van der Waals surface area contributed by atoms with Crippen LogP contribution in [0.5, 0.6) is 0 Å². The average Bonchev–Trinajstić information content (AvgIpc) is 2.18. The lowest BCUT2D eigenvalue weighted by atomic mass is 9.50. The monoisotopic (exact) mass is 210 g/mol. The van der Waals surface area contributed by atoms with E-state index in [9.17, 15) is 4.79 Å². The molecule has 0 amide bonds. The number of carbonyl (C=O) groups is 1. The van der Waals surface area contributed by atoms with Crippen LogP contribution >= 0.6 is 0 Å². The first-order chi connectivity index (χ1) is 7.02. The molecule has 0 radical (unpaired) electrons. The number of hydrogen-bond acceptors (Lipinski definition) is 2. The molecule has 0 bridgehead atoms. The molecule has 0 saturated heterocycles. The van der Waals surface area contributed by atoms with Gasteiger partial charge in [0.05, 0.1) is 6.10 Å². The summed E-state index contributed by atoms with van der Waals surface area (Å²) in [4.78, 5) is 11.6. The Balaban J connectivity index is 2.30. The number of ketones is 1. The van der Waals surface area contributed by atoms with Crippen molar-refractivity contribution in [3.8, 4) is 0 Å². The molecule has 2 saturated carbocycles. The first kappa shape index (κ1) is 11.1. The molecular weight excluding hydrogens is 188 g/mol. The Morgan fingerprint density at radius 1 is 1.33 bits per heavy atom. The van der Waals surface area contributed by atoms with E-state index in [-0.39, 0.29) is 10.8 Å². The third-order valence-electron chi connectivity index (χ3n) is 5.08. The first-order valence-electron chi connectivity index (χ1n) is 6.06. The Hall–Kier alpha value is -0.370. The average molecular weight is 210 g/mol. The number of rotatable bonds is 1. The molecule has 0 heterocycles. The minimum Gasteiger partial charge on any atom is -0.381 e. The summed E-state index contributed by atoms with van der Waals surface area (Å²) in [6, 6.07) is 0. The number of Topliss-reactive ketones (excluding diaryl/α,β-unsaturated/α-hetero) is 1. The fourth-order valence-corrected chi connectivity index (χ4v) is 3.72. The van der Waals surface area contributed by atoms with E-state index in [1.807, 2.05) is 7.11 Å². The minimum absolute atomic E-state index is 0.182. The van der Waals surface area contributed by atoms with Gasteiger partial charge in [0.2, 0.25) is 0 Å². The molecule has 0 aromatic heterocycles. The van der Waals surface area contributed by atoms with Gasteiger partial charge in [-0.25, -0.2) is 0 Å². The van der Waals surface area contributed by atoms with Gasteiger partial charge in [-0.3, -0.25) is 4.79 Å². The van der Waals surface area contributed by atoms with E-state index < -0.39 is 0 Å². The lowest BCUT2D eigenvalue weighted by molar-refractivity contribution is -0.153. The van der Waals surface area contributed by atoms with Gasteiger partial charge in [0.25, 0.3) is 0 Å². The van der Waals surface area contributed by atoms with Gasteiger partial charge in [-0.2, -0.15) is 0 Å². The molecule has 2 aliphatic carbocycles. The molecule has 2 aliphatic rings. The lowest BCUT2D eigenvalue weighted by Crippen LogP contribution is -2.53. The Morgan fingerprint density at radius 2 is 2.07 bits per heavy atom. The molecule has 2 nitrogen and oxygen atoms in total. The van der Waals surface area contributed by atoms with Gasteiger partial charge >= 0.3 is 0 Å². The second-order valence-corrected chi connectivity index (χ2v) is 5.81. The second-order valence-electron chi connectivity index (χ2n) is 5.81. The van der Waals surface area contributed by atoms with Crippen molar-refractivity contribution in [3.63, 3.8) is 0 Å². The molecule has 0 aliphatic heterocycles. The summed E-state index contributed by atoms with van der Waals surface area (Å²) in [5, 5.41) is 0. The Morgan fingerprint density at radius 3 is 2.73 bits per heavy atom. The molecule has 0 unspecified atom stereocenters. The molecule has 86 valence electrons. The normalized spacial score (nSPS) is 46.3. The van der Waals surface area contributed by atoms with Crippen LogP contribution in [0.1, 0.15) is 52.4 Å². The van der Waals surface area contributed by atoms with E-state index in [1.165, 1.54) is 12.8 Å². The Labute approximate surface area is 92.4 Å². The fourth-order valence-electron chi connectivity index (χ4n) is 3.72. The van der Waals surface area contributed by atoms with Crippen LogP contribution < -0.4 is 0 Å². The summed E-state index contributed by atoms with van der Waals surface area (Å²) in [6.07, 6.45) is 6.45. The fraction of sp³-hybridized carbons (Fsp3) is 0.923. The largest absolute Gasteiger partial charge is 0.381 e. The SMILES string of the molecule is CO[C@@H]1CCC[C@@]2(C)CC(=O)CC[C@@]12C. The van der Waals surface area contributed by atoms with Gasteiger partial charge in [-0.05, 0) is 30.1 Å². The molecular formula is C13H22O2. The van der Waals surface area contributed by atoms with Crippen molar-refractivity contribution in [2.75, 3.05) is 7.11 Å². The maximum absolute atomic E-state index is 11.6. The van der Waals surface area contributed by atoms with Crippen LogP contribution in [0, 0.1) is 10.8 Å². The summed E-state index contributed by atoms with van der Waals surface area (Å²) in [5.74, 6) is 0.451. The number of hydrogen-bond donors (Lipinski definition) is 0. The van der Waals surface area contributed by atoms with Gasteiger partial charge in [0.1, 0.15) is 5.78 Å². The van der Waals surface area contributed by atoms with Crippen LogP contribution in [-0.2, 0) is 9.53 Å². The summed E-state index contributed by atoms with van der Waals surface area (Å²) < 4.78 is 5.65. The standard InChI is InChI=1S/C13H22O2/c1-12-7-4-5-11(15-3)13(12,2)8-6-10(14)9-12/h11H,4-9H2,1-3H3/t11-,12+,13+/m1/s1. The minimum atomic E-state index is 0.182. The van der Waals surface area contributed by atoms with Crippen molar-refractivity contribution < 1.29 is 9.53 Å². The van der Waals surface area contributed by atoms with Crippen molar-refractivity contribution in [1.82, 2.24) is 0 Å². The predicted molar refractivity (Wildman–Crippen MR) is 59.7 cm³/mol. The Kier molecular flexibility index (Phi) is 2.66. The van der Waals surface area contributed by atoms with Crippen LogP contribution in [0.3, 0.4) is 0 Å². The van der Waals surface area contributed by atoms with Gasteiger partial charge in [0, 0.05) is 20.0 Å². The maximum Gasteiger partial charge on any atom is 0.133 e. The Bertz CT molecular complexity index is 274. The predicted octanol–water partition coefficient (Wildman–Crippen LogP) is 2.95. The van der Waals surface area contributed by atoms with Crippen LogP contribution in [0.25, 0.3) is 0 Å². The highest BCUT2D eigenvalue weighted by molar-refractivity contribution is 5.80. The molecule has 2 fully saturated rings. The van der Waals surface area contributed by atoms with E-state index in [2.05, 4.69) is 13.8 Å². The second kappa shape index (κ2) is 3.58. The third-order valence-corrected chi connectivity index (χ3v) is 5.08. The topological polar surface area (TPSA) is 26.3 Å². The number of ether oxygens (including phenoxy) is 1. The molecule has 0 aromatic rings. The highest BCUT2D eigenvalue weighted by Gasteiger charge is 2.54. The number of methoxy groups -OCH3 is 1. The van der Waals surface area contributed by atoms with E-state index >= 15 is 0 Å². The summed E-state index contributed by atoms with van der Waals surface area (Å²) in [7, 11) is 1.82. The molecule has 2 heteroatoms. The zero-order valence-electron chi connectivity index (χ0n) is 10.1. The first-order valence-corrected chi connectivity index (χ1v) is 6.06. The lowest BCUT2D eigenvalue weighted by Gasteiger charge is -2.56. The van der Waals surface area contributed by atoms with E-state index in [1.54, 1.807) is 0 Å². The van der Waals surface area contributed by atoms with Crippen LogP contribution in [0.2, 0.25) is 0 Å². The van der Waals surface area contributed by atoms with E-state index in [4.69, 9.17) is 4.74 Å². The summed E-state index contributed by atoms with van der Waals surface area (Å²) in [5.41, 5.74) is 0.398. The molecule has 0 N–H and O–H groups in total. The third kappa shape index (κ3) is 1.54. The zero-order valence-corrected chi connectivity index (χ0v) is 10.1. The highest BCUT2D eigenvalue weighted by atomic mass is 16.5. The van der Waals surface area contributed by atoms with Crippen molar-refractivity contribution in [2.45, 2.75) is 58.5 Å². The summed E-state index contributed by atoms with van der Waals surface area (Å²) in [6.45, 7) is 4.61. The molecule has 2 rings (SSSR count). The molecule has 0 spiro atoms. The molecule has 3 atom stereocenters. The van der Waals surface area contributed by atoms with Crippen molar-refractivity contribution in [2.24, 2.45) is 10.8 Å². The van der Waals surface area contributed by atoms with Crippen LogP contribution in [0.4, 0.5) is 0 Å². The van der Waals surface area contributed by atoms with Gasteiger partial charge in [-0.1, -0.05) is 20.3 Å². The van der Waals surface area contributed by atoms with Crippen molar-refractivity contribution in [1.29, 1.82) is 0 Å². The molecule has 15 heavy (non-hydrogen) atoms. The van der Waals surface area contributed by atoms with Crippen molar-refractivity contribution in [3.05, 3.63) is 0 Å². The highest BCUT2D eigenvalue weighted by Crippen LogP contribution is 2.58. The number of carbonyl (C=O) groups excluding carboxylic acids is 1. The van der Waals surface area contributed by atoms with Crippen LogP contribution in [-0.4, -0.2) is 19.0 Å². The number of fused-ring (bicyclic) bond motifs is 1. The van der Waals surface area contributed by atoms with E-state index in [0.717, 1.165) is 25.7 Å². The van der Waals surface area contributed by atoms with Crippen molar-refractivity contribution >= 4 is 5.78 Å². The summed E-state index contributed by atoms with van der Waals surface area (Å²) >= 11 is 0. The van der Waals surface area contributed by atoms with Gasteiger partial charge in [0.15, 0.2) is 0 Å². The molecule has 0 aromatic carbocycles. The van der Waals surface area contributed by atoms with Crippen LogP contribution in [0.15, 0.2) is 0 Å².